The Morgan fingerprint density at radius 1 is 1.00 bits per heavy atom. The van der Waals surface area contributed by atoms with Crippen LogP contribution in [0.25, 0.3) is 0 Å². The highest BCUT2D eigenvalue weighted by Gasteiger charge is 2.22. The molecule has 1 saturated heterocycles. The maximum absolute atomic E-state index is 12.5. The van der Waals surface area contributed by atoms with E-state index in [1.54, 1.807) is 0 Å². The predicted molar refractivity (Wildman–Crippen MR) is 112 cm³/mol. The second kappa shape index (κ2) is 9.64. The second-order valence-corrected chi connectivity index (χ2v) is 9.40. The lowest BCUT2D eigenvalue weighted by Crippen LogP contribution is -2.35. The zero-order valence-corrected chi connectivity index (χ0v) is 17.9. The first-order chi connectivity index (χ1) is 12.6. The number of carbonyl (C=O) groups excluding carboxylic acids is 2. The van der Waals surface area contributed by atoms with Gasteiger partial charge in [0, 0.05) is 23.8 Å². The van der Waals surface area contributed by atoms with Crippen LogP contribution in [0.15, 0.2) is 18.2 Å². The lowest BCUT2D eigenvalue weighted by Gasteiger charge is -2.32. The number of rotatable bonds is 8. The number of ketones is 2. The maximum atomic E-state index is 12.5. The molecule has 27 heavy (non-hydrogen) atoms. The zero-order chi connectivity index (χ0) is 20.0. The van der Waals surface area contributed by atoms with Crippen LogP contribution in [-0.2, 0) is 4.79 Å². The number of likely N-dealkylation sites (tertiary alicyclic amines) is 1. The molecule has 0 bridgehead atoms. The molecule has 1 aliphatic rings. The van der Waals surface area contributed by atoms with Crippen LogP contribution in [0, 0.1) is 25.2 Å². The molecule has 0 N–H and O–H groups in total. The van der Waals surface area contributed by atoms with Crippen LogP contribution in [0.1, 0.15) is 80.8 Å². The summed E-state index contributed by atoms with van der Waals surface area (Å²) in [6.45, 7) is 13.3. The van der Waals surface area contributed by atoms with Gasteiger partial charge in [-0.15, -0.1) is 0 Å². The Morgan fingerprint density at radius 3 is 2.15 bits per heavy atom. The highest BCUT2D eigenvalue weighted by molar-refractivity contribution is 5.96. The first kappa shape index (κ1) is 21.8. The highest BCUT2D eigenvalue weighted by atomic mass is 16.1. The van der Waals surface area contributed by atoms with Gasteiger partial charge in [-0.05, 0) is 77.2 Å². The van der Waals surface area contributed by atoms with Gasteiger partial charge in [-0.1, -0.05) is 38.0 Å². The van der Waals surface area contributed by atoms with E-state index in [0.29, 0.717) is 24.5 Å². The van der Waals surface area contributed by atoms with Crippen LogP contribution in [0.3, 0.4) is 0 Å². The molecule has 0 amide bonds. The van der Waals surface area contributed by atoms with Crippen molar-refractivity contribution in [1.82, 2.24) is 4.90 Å². The number of piperidine rings is 1. The van der Waals surface area contributed by atoms with E-state index in [0.717, 1.165) is 49.2 Å². The Labute approximate surface area is 165 Å². The summed E-state index contributed by atoms with van der Waals surface area (Å²) in [5.74, 6) is 1.31. The van der Waals surface area contributed by atoms with Crippen LogP contribution in [-0.4, -0.2) is 36.1 Å². The van der Waals surface area contributed by atoms with Crippen molar-refractivity contribution in [1.29, 1.82) is 0 Å². The van der Waals surface area contributed by atoms with E-state index in [1.165, 1.54) is 12.8 Å². The van der Waals surface area contributed by atoms with Crippen molar-refractivity contribution in [3.63, 3.8) is 0 Å². The molecule has 0 aliphatic carbocycles. The standard InChI is InChI=1S/C24H37NO2/c1-18-15-19(2)17-21(16-18)22(26)9-8-20-10-13-25(14-11-20)12-6-7-23(27)24(3,4)5/h15-17,20H,6-14H2,1-5H3. The molecule has 0 spiro atoms. The summed E-state index contributed by atoms with van der Waals surface area (Å²) < 4.78 is 0. The summed E-state index contributed by atoms with van der Waals surface area (Å²) in [4.78, 5) is 27.0. The van der Waals surface area contributed by atoms with Gasteiger partial charge < -0.3 is 4.90 Å². The third-order valence-electron chi connectivity index (χ3n) is 5.75. The molecule has 1 heterocycles. The smallest absolute Gasteiger partial charge is 0.162 e. The number of hydrogen-bond acceptors (Lipinski definition) is 3. The molecular weight excluding hydrogens is 334 g/mol. The van der Waals surface area contributed by atoms with Crippen LogP contribution in [0.4, 0.5) is 0 Å². The molecule has 3 nitrogen and oxygen atoms in total. The van der Waals surface area contributed by atoms with Crippen molar-refractivity contribution >= 4 is 11.6 Å². The Morgan fingerprint density at radius 2 is 1.59 bits per heavy atom. The van der Waals surface area contributed by atoms with Crippen LogP contribution in [0.2, 0.25) is 0 Å². The number of hydrogen-bond donors (Lipinski definition) is 0. The van der Waals surface area contributed by atoms with Crippen LogP contribution in [0.5, 0.6) is 0 Å². The highest BCUT2D eigenvalue weighted by Crippen LogP contribution is 2.24. The summed E-state index contributed by atoms with van der Waals surface area (Å²) in [7, 11) is 0. The molecule has 0 unspecified atom stereocenters. The van der Waals surface area contributed by atoms with Gasteiger partial charge in [0.2, 0.25) is 0 Å². The first-order valence-electron chi connectivity index (χ1n) is 10.5. The van der Waals surface area contributed by atoms with E-state index in [4.69, 9.17) is 0 Å². The van der Waals surface area contributed by atoms with Crippen molar-refractivity contribution in [3.05, 3.63) is 34.9 Å². The van der Waals surface area contributed by atoms with Gasteiger partial charge in [-0.3, -0.25) is 9.59 Å². The lowest BCUT2D eigenvalue weighted by molar-refractivity contribution is -0.126. The number of carbonyl (C=O) groups is 2. The minimum atomic E-state index is -0.213. The molecule has 3 heteroatoms. The molecule has 0 atom stereocenters. The maximum Gasteiger partial charge on any atom is 0.162 e. The fraction of sp³-hybridized carbons (Fsp3) is 0.667. The summed E-state index contributed by atoms with van der Waals surface area (Å²) in [5, 5.41) is 0. The number of nitrogens with zero attached hydrogens (tertiary/aromatic N) is 1. The molecule has 1 fully saturated rings. The van der Waals surface area contributed by atoms with Gasteiger partial charge in [-0.2, -0.15) is 0 Å². The van der Waals surface area contributed by atoms with Crippen molar-refractivity contribution in [2.24, 2.45) is 11.3 Å². The first-order valence-corrected chi connectivity index (χ1v) is 10.5. The summed E-state index contributed by atoms with van der Waals surface area (Å²) in [5.41, 5.74) is 2.98. The molecule has 150 valence electrons. The topological polar surface area (TPSA) is 37.4 Å². The SMILES string of the molecule is Cc1cc(C)cc(C(=O)CCC2CCN(CCCC(=O)C(C)(C)C)CC2)c1. The minimum absolute atomic E-state index is 0.213. The number of Topliss-reactive ketones (excluding diaryl/α,β-unsaturated/α-hetero) is 2. The Hall–Kier alpha value is -1.48. The molecule has 1 aliphatic heterocycles. The monoisotopic (exact) mass is 371 g/mol. The van der Waals surface area contributed by atoms with Gasteiger partial charge >= 0.3 is 0 Å². The molecule has 1 aromatic carbocycles. The quantitative estimate of drug-likeness (QED) is 0.576. The van der Waals surface area contributed by atoms with Crippen molar-refractivity contribution in [3.8, 4) is 0 Å². The van der Waals surface area contributed by atoms with Gasteiger partial charge in [0.15, 0.2) is 5.78 Å². The third-order valence-corrected chi connectivity index (χ3v) is 5.75. The molecular formula is C24H37NO2. The molecule has 0 aromatic heterocycles. The van der Waals surface area contributed by atoms with Crippen LogP contribution < -0.4 is 0 Å². The fourth-order valence-electron chi connectivity index (χ4n) is 3.95. The molecule has 0 radical (unpaired) electrons. The van der Waals surface area contributed by atoms with Gasteiger partial charge in [0.25, 0.3) is 0 Å². The van der Waals surface area contributed by atoms with Crippen molar-refractivity contribution in [2.45, 2.75) is 73.1 Å². The lowest BCUT2D eigenvalue weighted by atomic mass is 9.88. The Kier molecular flexibility index (Phi) is 7.79. The fourth-order valence-corrected chi connectivity index (χ4v) is 3.95. The zero-order valence-electron chi connectivity index (χ0n) is 17.9. The largest absolute Gasteiger partial charge is 0.303 e. The summed E-state index contributed by atoms with van der Waals surface area (Å²) in [6.07, 6.45) is 5.66. The van der Waals surface area contributed by atoms with E-state index in [1.807, 2.05) is 32.9 Å². The van der Waals surface area contributed by atoms with E-state index >= 15 is 0 Å². The summed E-state index contributed by atoms with van der Waals surface area (Å²) in [6, 6.07) is 6.13. The van der Waals surface area contributed by atoms with Crippen LogP contribution >= 0.6 is 0 Å². The minimum Gasteiger partial charge on any atom is -0.303 e. The van der Waals surface area contributed by atoms with Gasteiger partial charge in [-0.25, -0.2) is 0 Å². The van der Waals surface area contributed by atoms with E-state index < -0.39 is 0 Å². The third kappa shape index (κ3) is 7.21. The molecule has 0 saturated carbocycles. The van der Waals surface area contributed by atoms with Gasteiger partial charge in [0.1, 0.15) is 5.78 Å². The number of benzene rings is 1. The van der Waals surface area contributed by atoms with Crippen molar-refractivity contribution < 1.29 is 9.59 Å². The Balaban J connectivity index is 1.67. The Bertz CT molecular complexity index is 629. The van der Waals surface area contributed by atoms with E-state index in [-0.39, 0.29) is 11.2 Å². The van der Waals surface area contributed by atoms with E-state index in [2.05, 4.69) is 24.8 Å². The number of aryl methyl sites for hydroxylation is 2. The van der Waals surface area contributed by atoms with Crippen molar-refractivity contribution in [2.75, 3.05) is 19.6 Å². The average Bonchev–Trinajstić information content (AvgIpc) is 2.59. The molecule has 2 rings (SSSR count). The predicted octanol–water partition coefficient (Wildman–Crippen LogP) is 5.37. The molecule has 1 aromatic rings. The second-order valence-electron chi connectivity index (χ2n) is 9.40. The summed E-state index contributed by atoms with van der Waals surface area (Å²) >= 11 is 0. The normalized spacial score (nSPS) is 16.5. The van der Waals surface area contributed by atoms with Gasteiger partial charge in [0.05, 0.1) is 0 Å². The van der Waals surface area contributed by atoms with E-state index in [9.17, 15) is 9.59 Å². The average molecular weight is 372 g/mol.